The van der Waals surface area contributed by atoms with Crippen molar-refractivity contribution in [1.29, 1.82) is 0 Å². The molecule has 0 aromatic heterocycles. The molecule has 3 nitrogen and oxygen atoms in total. The predicted molar refractivity (Wildman–Crippen MR) is 75.9 cm³/mol. The highest BCUT2D eigenvalue weighted by atomic mass is 79.9. The van der Waals surface area contributed by atoms with Crippen LogP contribution in [0.2, 0.25) is 0 Å². The van der Waals surface area contributed by atoms with E-state index in [1.807, 2.05) is 0 Å². The monoisotopic (exact) mass is 390 g/mol. The summed E-state index contributed by atoms with van der Waals surface area (Å²) < 4.78 is 52.9. The smallest absolute Gasteiger partial charge is 0.406 e. The van der Waals surface area contributed by atoms with Crippen molar-refractivity contribution >= 4 is 27.5 Å². The Bertz CT molecular complexity index is 754. The highest BCUT2D eigenvalue weighted by molar-refractivity contribution is 9.10. The number of hydrogen-bond donors (Lipinski definition) is 0. The molecule has 0 aliphatic heterocycles. The maximum atomic E-state index is 13.1. The topological polar surface area (TPSA) is 43.4 Å². The second-order valence-electron chi connectivity index (χ2n) is 4.36. The third-order valence-corrected chi connectivity index (χ3v) is 3.35. The quantitative estimate of drug-likeness (QED) is 0.436. The second-order valence-corrected chi connectivity index (χ2v) is 5.21. The van der Waals surface area contributed by atoms with Gasteiger partial charge < -0.3 is 4.74 Å². The van der Waals surface area contributed by atoms with Gasteiger partial charge in [0, 0.05) is 11.1 Å². The SMILES string of the molecule is O=C(C(=O)c1ccc(F)c(Br)c1)c1ccc(OC(F)(F)F)cc1. The van der Waals surface area contributed by atoms with Crippen LogP contribution >= 0.6 is 15.9 Å². The minimum atomic E-state index is -4.85. The van der Waals surface area contributed by atoms with Gasteiger partial charge in [-0.1, -0.05) is 0 Å². The molecule has 23 heavy (non-hydrogen) atoms. The third kappa shape index (κ3) is 4.38. The minimum Gasteiger partial charge on any atom is -0.406 e. The maximum absolute atomic E-state index is 13.1. The van der Waals surface area contributed by atoms with Gasteiger partial charge in [0.05, 0.1) is 4.47 Å². The van der Waals surface area contributed by atoms with Crippen molar-refractivity contribution in [3.05, 3.63) is 63.9 Å². The molecule has 0 fully saturated rings. The van der Waals surface area contributed by atoms with Gasteiger partial charge in [0.15, 0.2) is 0 Å². The summed E-state index contributed by atoms with van der Waals surface area (Å²) in [5, 5.41) is 0. The summed E-state index contributed by atoms with van der Waals surface area (Å²) >= 11 is 2.90. The molecule has 0 radical (unpaired) electrons. The van der Waals surface area contributed by atoms with Crippen molar-refractivity contribution in [2.45, 2.75) is 6.36 Å². The molecule has 2 aromatic rings. The van der Waals surface area contributed by atoms with Crippen LogP contribution in [0, 0.1) is 5.82 Å². The maximum Gasteiger partial charge on any atom is 0.573 e. The van der Waals surface area contributed by atoms with Crippen LogP contribution in [0.4, 0.5) is 17.6 Å². The van der Waals surface area contributed by atoms with Gasteiger partial charge in [0.2, 0.25) is 11.6 Å². The van der Waals surface area contributed by atoms with E-state index in [2.05, 4.69) is 20.7 Å². The van der Waals surface area contributed by atoms with Gasteiger partial charge in [-0.2, -0.15) is 0 Å². The minimum absolute atomic E-state index is 0.0186. The first-order valence-corrected chi connectivity index (χ1v) is 6.86. The number of halogens is 5. The molecule has 2 rings (SSSR count). The lowest BCUT2D eigenvalue weighted by Gasteiger charge is -2.09. The molecular weight excluding hydrogens is 384 g/mol. The standard InChI is InChI=1S/C15H7BrF4O3/c16-11-7-9(3-6-12(11)17)14(22)13(21)8-1-4-10(5-2-8)23-15(18,19)20/h1-7H. The number of benzene rings is 2. The van der Waals surface area contributed by atoms with E-state index in [1.165, 1.54) is 0 Å². The molecule has 0 saturated heterocycles. The van der Waals surface area contributed by atoms with Crippen molar-refractivity contribution in [3.8, 4) is 5.75 Å². The average molecular weight is 391 g/mol. The molecule has 0 N–H and O–H groups in total. The Morgan fingerprint density at radius 3 is 1.96 bits per heavy atom. The normalized spacial score (nSPS) is 11.2. The van der Waals surface area contributed by atoms with Crippen molar-refractivity contribution in [2.24, 2.45) is 0 Å². The molecule has 0 atom stereocenters. The van der Waals surface area contributed by atoms with E-state index in [4.69, 9.17) is 0 Å². The van der Waals surface area contributed by atoms with Crippen LogP contribution in [0.15, 0.2) is 46.9 Å². The van der Waals surface area contributed by atoms with Crippen molar-refractivity contribution in [3.63, 3.8) is 0 Å². The summed E-state index contributed by atoms with van der Waals surface area (Å²) in [6, 6.07) is 7.24. The van der Waals surface area contributed by atoms with Crippen molar-refractivity contribution in [1.82, 2.24) is 0 Å². The third-order valence-electron chi connectivity index (χ3n) is 2.74. The molecule has 0 amide bonds. The van der Waals surface area contributed by atoms with Gasteiger partial charge in [-0.15, -0.1) is 13.2 Å². The Hall–Kier alpha value is -2.22. The number of Topliss-reactive ketones (excluding diaryl/α,β-unsaturated/α-hetero) is 2. The highest BCUT2D eigenvalue weighted by Gasteiger charge is 2.31. The van der Waals surface area contributed by atoms with Crippen LogP contribution in [0.25, 0.3) is 0 Å². The van der Waals surface area contributed by atoms with E-state index in [0.717, 1.165) is 42.5 Å². The molecule has 0 aliphatic rings. The summed E-state index contributed by atoms with van der Waals surface area (Å²) in [6.45, 7) is 0. The molecule has 8 heteroatoms. The predicted octanol–water partition coefficient (Wildman–Crippen LogP) is 4.55. The van der Waals surface area contributed by atoms with E-state index >= 15 is 0 Å². The van der Waals surface area contributed by atoms with Gasteiger partial charge in [0.1, 0.15) is 11.6 Å². The molecule has 0 spiro atoms. The number of ether oxygens (including phenoxy) is 1. The molecule has 0 saturated carbocycles. The Morgan fingerprint density at radius 2 is 1.43 bits per heavy atom. The fourth-order valence-electron chi connectivity index (χ4n) is 1.71. The van der Waals surface area contributed by atoms with Crippen molar-refractivity contribution < 1.29 is 31.9 Å². The fourth-order valence-corrected chi connectivity index (χ4v) is 2.09. The fraction of sp³-hybridized carbons (Fsp3) is 0.0667. The lowest BCUT2D eigenvalue weighted by atomic mass is 10.0. The summed E-state index contributed by atoms with van der Waals surface area (Å²) in [4.78, 5) is 24.0. The zero-order valence-corrected chi connectivity index (χ0v) is 12.7. The van der Waals surface area contributed by atoms with Gasteiger partial charge in [-0.25, -0.2) is 4.39 Å². The van der Waals surface area contributed by atoms with Crippen LogP contribution in [0.5, 0.6) is 5.75 Å². The second kappa shape index (κ2) is 6.49. The largest absolute Gasteiger partial charge is 0.573 e. The molecule has 0 bridgehead atoms. The first kappa shape index (κ1) is 17.1. The van der Waals surface area contributed by atoms with Crippen LogP contribution in [0.1, 0.15) is 20.7 Å². The summed E-state index contributed by atoms with van der Waals surface area (Å²) in [5.74, 6) is -2.94. The number of carbonyl (C=O) groups is 2. The Morgan fingerprint density at radius 1 is 0.913 bits per heavy atom. The first-order valence-electron chi connectivity index (χ1n) is 6.07. The molecule has 0 heterocycles. The van der Waals surface area contributed by atoms with Crippen LogP contribution in [0.3, 0.4) is 0 Å². The van der Waals surface area contributed by atoms with Crippen LogP contribution in [-0.2, 0) is 0 Å². The van der Waals surface area contributed by atoms with Gasteiger partial charge >= 0.3 is 6.36 Å². The summed E-state index contributed by atoms with van der Waals surface area (Å²) in [5.41, 5.74) is -0.149. The van der Waals surface area contributed by atoms with Gasteiger partial charge in [-0.3, -0.25) is 9.59 Å². The molecule has 120 valence electrons. The average Bonchev–Trinajstić information content (AvgIpc) is 2.48. The molecular formula is C15H7BrF4O3. The van der Waals surface area contributed by atoms with E-state index < -0.39 is 29.5 Å². The molecule has 0 aliphatic carbocycles. The van der Waals surface area contributed by atoms with Crippen molar-refractivity contribution in [2.75, 3.05) is 0 Å². The molecule has 0 unspecified atom stereocenters. The highest BCUT2D eigenvalue weighted by Crippen LogP contribution is 2.23. The zero-order valence-electron chi connectivity index (χ0n) is 11.2. The lowest BCUT2D eigenvalue weighted by Crippen LogP contribution is -2.17. The number of ketones is 2. The van der Waals surface area contributed by atoms with Crippen LogP contribution < -0.4 is 4.74 Å². The number of hydrogen-bond acceptors (Lipinski definition) is 3. The summed E-state index contributed by atoms with van der Waals surface area (Å²) in [6.07, 6.45) is -4.85. The van der Waals surface area contributed by atoms with Gasteiger partial charge in [-0.05, 0) is 58.4 Å². The number of rotatable bonds is 4. The van der Waals surface area contributed by atoms with E-state index in [-0.39, 0.29) is 15.6 Å². The first-order chi connectivity index (χ1) is 10.7. The molecule has 2 aromatic carbocycles. The lowest BCUT2D eigenvalue weighted by molar-refractivity contribution is -0.274. The Kier molecular flexibility index (Phi) is 4.84. The van der Waals surface area contributed by atoms with E-state index in [0.29, 0.717) is 0 Å². The van der Waals surface area contributed by atoms with E-state index in [1.54, 1.807) is 0 Å². The Labute approximate surface area is 136 Å². The number of carbonyl (C=O) groups excluding carboxylic acids is 2. The number of alkyl halides is 3. The Balaban J connectivity index is 2.19. The van der Waals surface area contributed by atoms with E-state index in [9.17, 15) is 27.2 Å². The zero-order chi connectivity index (χ0) is 17.2. The summed E-state index contributed by atoms with van der Waals surface area (Å²) in [7, 11) is 0. The van der Waals surface area contributed by atoms with Gasteiger partial charge in [0.25, 0.3) is 0 Å². The van der Waals surface area contributed by atoms with Crippen LogP contribution in [-0.4, -0.2) is 17.9 Å².